The zero-order valence-electron chi connectivity index (χ0n) is 6.11. The van der Waals surface area contributed by atoms with Crippen molar-refractivity contribution in [2.24, 2.45) is 0 Å². The molecule has 0 saturated heterocycles. The van der Waals surface area contributed by atoms with Gasteiger partial charge in [0.15, 0.2) is 0 Å². The fourth-order valence-electron chi connectivity index (χ4n) is 0.983. The van der Waals surface area contributed by atoms with Crippen molar-refractivity contribution in [1.82, 2.24) is 0 Å². The molecule has 0 aromatic heterocycles. The van der Waals surface area contributed by atoms with E-state index in [2.05, 4.69) is 0 Å². The van der Waals surface area contributed by atoms with Gasteiger partial charge in [-0.2, -0.15) is 0 Å². The number of thioether (sulfide) groups is 1. The summed E-state index contributed by atoms with van der Waals surface area (Å²) in [6.45, 7) is 0. The molecule has 1 aromatic carbocycles. The number of esters is 1. The predicted molar refractivity (Wildman–Crippen MR) is 44.5 cm³/mol. The van der Waals surface area contributed by atoms with Crippen LogP contribution in [0.4, 0.5) is 0 Å². The first-order valence-electron chi connectivity index (χ1n) is 3.42. The van der Waals surface area contributed by atoms with Crippen molar-refractivity contribution in [2.45, 2.75) is 4.90 Å². The van der Waals surface area contributed by atoms with Gasteiger partial charge in [0.2, 0.25) is 0 Å². The van der Waals surface area contributed by atoms with Gasteiger partial charge in [0.05, 0.1) is 10.6 Å². The van der Waals surface area contributed by atoms with E-state index in [1.807, 2.05) is 0 Å². The molecular weight excluding hydrogens is 176 g/mol. The number of hydrogen-bond acceptors (Lipinski definition) is 4. The minimum atomic E-state index is -0.238. The molecule has 0 bridgehead atoms. The lowest BCUT2D eigenvalue weighted by molar-refractivity contribution is -0.131. The van der Waals surface area contributed by atoms with Crippen LogP contribution in [0.5, 0.6) is 11.5 Å². The molecule has 62 valence electrons. The van der Waals surface area contributed by atoms with Gasteiger partial charge in [-0.05, 0) is 18.2 Å². The zero-order valence-corrected chi connectivity index (χ0v) is 6.93. The number of carbonyl (C=O) groups excluding carboxylic acids is 1. The molecule has 1 heterocycles. The number of phenols is 1. The largest absolute Gasteiger partial charge is 0.508 e. The lowest BCUT2D eigenvalue weighted by Gasteiger charge is -2.14. The van der Waals surface area contributed by atoms with E-state index in [1.54, 1.807) is 12.1 Å². The van der Waals surface area contributed by atoms with Crippen molar-refractivity contribution < 1.29 is 14.6 Å². The maximum Gasteiger partial charge on any atom is 0.321 e. The Kier molecular flexibility index (Phi) is 1.69. The maximum atomic E-state index is 10.8. The SMILES string of the molecule is O=C1CSc2cc(O)ccc2O1. The molecule has 0 aliphatic carbocycles. The quantitative estimate of drug-likeness (QED) is 0.486. The van der Waals surface area contributed by atoms with Crippen LogP contribution in [0.25, 0.3) is 0 Å². The second-order valence-electron chi connectivity index (χ2n) is 2.39. The van der Waals surface area contributed by atoms with E-state index in [-0.39, 0.29) is 11.7 Å². The number of carbonyl (C=O) groups is 1. The second kappa shape index (κ2) is 2.71. The third-order valence-electron chi connectivity index (χ3n) is 1.50. The van der Waals surface area contributed by atoms with Gasteiger partial charge in [-0.25, -0.2) is 0 Å². The van der Waals surface area contributed by atoms with E-state index < -0.39 is 0 Å². The number of rotatable bonds is 0. The van der Waals surface area contributed by atoms with Gasteiger partial charge < -0.3 is 9.84 Å². The fourth-order valence-corrected chi connectivity index (χ4v) is 1.77. The Morgan fingerprint density at radius 2 is 2.33 bits per heavy atom. The zero-order chi connectivity index (χ0) is 8.55. The number of fused-ring (bicyclic) bond motifs is 1. The molecule has 1 aliphatic rings. The summed E-state index contributed by atoms with van der Waals surface area (Å²) in [5.41, 5.74) is 0. The highest BCUT2D eigenvalue weighted by Crippen LogP contribution is 2.35. The highest BCUT2D eigenvalue weighted by molar-refractivity contribution is 8.00. The summed E-state index contributed by atoms with van der Waals surface area (Å²) < 4.78 is 4.92. The normalized spacial score (nSPS) is 15.2. The minimum Gasteiger partial charge on any atom is -0.508 e. The van der Waals surface area contributed by atoms with Crippen LogP contribution in [0.3, 0.4) is 0 Å². The summed E-state index contributed by atoms with van der Waals surface area (Å²) in [7, 11) is 0. The first-order chi connectivity index (χ1) is 5.75. The molecule has 1 aromatic rings. The molecular formula is C8H6O3S. The molecule has 0 fully saturated rings. The van der Waals surface area contributed by atoms with Crippen LogP contribution >= 0.6 is 11.8 Å². The second-order valence-corrected chi connectivity index (χ2v) is 3.41. The number of phenolic OH excluding ortho intramolecular Hbond substituents is 1. The number of aromatic hydroxyl groups is 1. The third kappa shape index (κ3) is 1.25. The predicted octanol–water partition coefficient (Wildman–Crippen LogP) is 1.40. The van der Waals surface area contributed by atoms with Gasteiger partial charge >= 0.3 is 5.97 Å². The first kappa shape index (κ1) is 7.49. The van der Waals surface area contributed by atoms with Crippen LogP contribution in [-0.4, -0.2) is 16.8 Å². The maximum absolute atomic E-state index is 10.8. The van der Waals surface area contributed by atoms with E-state index in [0.29, 0.717) is 11.5 Å². The van der Waals surface area contributed by atoms with Gasteiger partial charge in [0.1, 0.15) is 11.5 Å². The molecule has 0 atom stereocenters. The topological polar surface area (TPSA) is 46.5 Å². The first-order valence-corrected chi connectivity index (χ1v) is 4.41. The Morgan fingerprint density at radius 3 is 3.17 bits per heavy atom. The summed E-state index contributed by atoms with van der Waals surface area (Å²) in [6, 6.07) is 4.68. The van der Waals surface area contributed by atoms with Gasteiger partial charge in [-0.3, -0.25) is 4.79 Å². The molecule has 0 amide bonds. The summed E-state index contributed by atoms with van der Waals surface area (Å²) >= 11 is 1.38. The van der Waals surface area contributed by atoms with Crippen molar-refractivity contribution in [3.8, 4) is 11.5 Å². The van der Waals surface area contributed by atoms with Crippen molar-refractivity contribution in [3.05, 3.63) is 18.2 Å². The van der Waals surface area contributed by atoms with Gasteiger partial charge in [0, 0.05) is 0 Å². The lowest BCUT2D eigenvalue weighted by atomic mass is 10.3. The van der Waals surface area contributed by atoms with Crippen LogP contribution in [0.15, 0.2) is 23.1 Å². The number of ether oxygens (including phenoxy) is 1. The summed E-state index contributed by atoms with van der Waals surface area (Å²) in [5.74, 6) is 0.808. The van der Waals surface area contributed by atoms with Crippen LogP contribution in [-0.2, 0) is 4.79 Å². The Hall–Kier alpha value is -1.16. The molecule has 4 heteroatoms. The van der Waals surface area contributed by atoms with Crippen molar-refractivity contribution >= 4 is 17.7 Å². The third-order valence-corrected chi connectivity index (χ3v) is 2.51. The van der Waals surface area contributed by atoms with Crippen LogP contribution < -0.4 is 4.74 Å². The highest BCUT2D eigenvalue weighted by atomic mass is 32.2. The lowest BCUT2D eigenvalue weighted by Crippen LogP contribution is -2.14. The van der Waals surface area contributed by atoms with E-state index in [1.165, 1.54) is 17.8 Å². The monoisotopic (exact) mass is 182 g/mol. The van der Waals surface area contributed by atoms with E-state index in [9.17, 15) is 4.79 Å². The highest BCUT2D eigenvalue weighted by Gasteiger charge is 2.17. The summed E-state index contributed by atoms with van der Waals surface area (Å²) in [5, 5.41) is 9.10. The van der Waals surface area contributed by atoms with E-state index >= 15 is 0 Å². The molecule has 0 spiro atoms. The fraction of sp³-hybridized carbons (Fsp3) is 0.125. The molecule has 1 aliphatic heterocycles. The molecule has 1 N–H and O–H groups in total. The van der Waals surface area contributed by atoms with Crippen molar-refractivity contribution in [2.75, 3.05) is 5.75 Å². The van der Waals surface area contributed by atoms with Crippen molar-refractivity contribution in [1.29, 1.82) is 0 Å². The Labute approximate surface area is 73.3 Å². The minimum absolute atomic E-state index is 0.194. The Morgan fingerprint density at radius 1 is 1.50 bits per heavy atom. The standard InChI is InChI=1S/C8H6O3S/c9-5-1-2-6-7(3-5)12-4-8(10)11-6/h1-3,9H,4H2. The molecule has 2 rings (SSSR count). The summed E-state index contributed by atoms with van der Waals surface area (Å²) in [6.07, 6.45) is 0. The van der Waals surface area contributed by atoms with Crippen LogP contribution in [0.2, 0.25) is 0 Å². The Bertz CT molecular complexity index is 335. The molecule has 3 nitrogen and oxygen atoms in total. The van der Waals surface area contributed by atoms with Crippen LogP contribution in [0.1, 0.15) is 0 Å². The van der Waals surface area contributed by atoms with E-state index in [4.69, 9.17) is 9.84 Å². The molecule has 12 heavy (non-hydrogen) atoms. The van der Waals surface area contributed by atoms with Crippen molar-refractivity contribution in [3.63, 3.8) is 0 Å². The number of benzene rings is 1. The molecule has 0 saturated carbocycles. The molecule has 0 unspecified atom stereocenters. The van der Waals surface area contributed by atoms with E-state index in [0.717, 1.165) is 4.90 Å². The van der Waals surface area contributed by atoms with Gasteiger partial charge in [-0.15, -0.1) is 11.8 Å². The summed E-state index contributed by atoms with van der Waals surface area (Å²) in [4.78, 5) is 11.6. The molecule has 0 radical (unpaired) electrons. The Balaban J connectivity index is 2.43. The smallest absolute Gasteiger partial charge is 0.321 e. The number of hydrogen-bond donors (Lipinski definition) is 1. The van der Waals surface area contributed by atoms with Gasteiger partial charge in [0.25, 0.3) is 0 Å². The van der Waals surface area contributed by atoms with Gasteiger partial charge in [-0.1, -0.05) is 0 Å². The van der Waals surface area contributed by atoms with Crippen LogP contribution in [0, 0.1) is 0 Å². The average molecular weight is 182 g/mol. The average Bonchev–Trinajstić information content (AvgIpc) is 2.05.